The van der Waals surface area contributed by atoms with E-state index in [4.69, 9.17) is 4.74 Å². The van der Waals surface area contributed by atoms with Crippen LogP contribution in [0.4, 0.5) is 10.6 Å². The van der Waals surface area contributed by atoms with Crippen molar-refractivity contribution in [2.45, 2.75) is 38.4 Å². The Morgan fingerprint density at radius 3 is 2.81 bits per heavy atom. The number of likely N-dealkylation sites (tertiary alicyclic amines) is 1. The van der Waals surface area contributed by atoms with Crippen LogP contribution in [0.3, 0.4) is 0 Å². The molecular weight excluding hydrogens is 416 g/mol. The summed E-state index contributed by atoms with van der Waals surface area (Å²) in [4.78, 5) is 32.5. The number of nitrogens with zero attached hydrogens (tertiary/aromatic N) is 3. The average Bonchev–Trinajstić information content (AvgIpc) is 3.18. The first-order valence-electron chi connectivity index (χ1n) is 9.15. The van der Waals surface area contributed by atoms with Crippen LogP contribution < -0.4 is 5.32 Å². The molecule has 0 bridgehead atoms. The van der Waals surface area contributed by atoms with Gasteiger partial charge in [0.05, 0.1) is 13.2 Å². The summed E-state index contributed by atoms with van der Waals surface area (Å²) in [7, 11) is 0. The van der Waals surface area contributed by atoms with E-state index < -0.39 is 12.1 Å². The first kappa shape index (κ1) is 18.6. The van der Waals surface area contributed by atoms with Crippen LogP contribution in [0.2, 0.25) is 0 Å². The van der Waals surface area contributed by atoms with Crippen molar-refractivity contribution in [3.8, 4) is 0 Å². The monoisotopic (exact) mass is 438 g/mol. The molecule has 2 amide bonds. The van der Waals surface area contributed by atoms with Gasteiger partial charge in [-0.15, -0.1) is 0 Å². The van der Waals surface area contributed by atoms with Crippen LogP contribution in [-0.4, -0.2) is 70.3 Å². The highest BCUT2D eigenvalue weighted by Gasteiger charge is 2.64. The molecule has 3 aliphatic rings. The number of morpholine rings is 1. The molecule has 0 spiro atoms. The standard InChI is InChI=1S/C18H23BrN4O4/c1-18-8-12(23(17(25)26)13(18)9-18)16(24)21-15-11(2-3-14(19)20-15)10-22-4-6-27-7-5-22/h2-3,12-13H,4-10H2,1H3,(H,25,26)(H,20,21,24)/t12-,13+,18-/m0/s1. The Balaban J connectivity index is 1.50. The molecule has 3 atom stereocenters. The summed E-state index contributed by atoms with van der Waals surface area (Å²) in [5.41, 5.74) is 0.839. The molecule has 2 aliphatic heterocycles. The number of carbonyl (C=O) groups is 2. The Morgan fingerprint density at radius 1 is 1.37 bits per heavy atom. The third kappa shape index (κ3) is 3.68. The highest BCUT2D eigenvalue weighted by molar-refractivity contribution is 9.10. The maximum absolute atomic E-state index is 12.9. The van der Waals surface area contributed by atoms with Crippen molar-refractivity contribution in [2.75, 3.05) is 31.6 Å². The number of anilines is 1. The fourth-order valence-electron chi connectivity index (χ4n) is 4.18. The normalized spacial score (nSPS) is 30.1. The van der Waals surface area contributed by atoms with E-state index in [2.05, 4.69) is 31.1 Å². The van der Waals surface area contributed by atoms with Crippen molar-refractivity contribution in [1.82, 2.24) is 14.8 Å². The van der Waals surface area contributed by atoms with Crippen LogP contribution in [0, 0.1) is 5.41 Å². The van der Waals surface area contributed by atoms with Crippen molar-refractivity contribution in [1.29, 1.82) is 0 Å². The van der Waals surface area contributed by atoms with Gasteiger partial charge in [0.2, 0.25) is 5.91 Å². The van der Waals surface area contributed by atoms with Crippen molar-refractivity contribution in [3.05, 3.63) is 22.3 Å². The van der Waals surface area contributed by atoms with E-state index in [9.17, 15) is 14.7 Å². The van der Waals surface area contributed by atoms with E-state index in [1.807, 2.05) is 19.1 Å². The lowest BCUT2D eigenvalue weighted by atomic mass is 10.0. The van der Waals surface area contributed by atoms with Gasteiger partial charge in [0.1, 0.15) is 16.5 Å². The number of ether oxygens (including phenoxy) is 1. The summed E-state index contributed by atoms with van der Waals surface area (Å²) in [6.45, 7) is 5.76. The fourth-order valence-corrected chi connectivity index (χ4v) is 4.49. The number of hydrogen-bond donors (Lipinski definition) is 2. The van der Waals surface area contributed by atoms with Gasteiger partial charge in [-0.25, -0.2) is 9.78 Å². The Morgan fingerprint density at radius 2 is 2.11 bits per heavy atom. The molecule has 3 heterocycles. The molecule has 0 aromatic carbocycles. The maximum atomic E-state index is 12.9. The lowest BCUT2D eigenvalue weighted by Gasteiger charge is -2.28. The van der Waals surface area contributed by atoms with Gasteiger partial charge in [-0.1, -0.05) is 13.0 Å². The molecule has 1 saturated carbocycles. The highest BCUT2D eigenvalue weighted by atomic mass is 79.9. The minimum Gasteiger partial charge on any atom is -0.465 e. The van der Waals surface area contributed by atoms with Gasteiger partial charge in [0.15, 0.2) is 0 Å². The lowest BCUT2D eigenvalue weighted by Crippen LogP contribution is -2.45. The number of carbonyl (C=O) groups excluding carboxylic acids is 1. The van der Waals surface area contributed by atoms with Crippen molar-refractivity contribution in [2.24, 2.45) is 5.41 Å². The number of hydrogen-bond acceptors (Lipinski definition) is 5. The lowest BCUT2D eigenvalue weighted by molar-refractivity contribution is -0.120. The quantitative estimate of drug-likeness (QED) is 0.699. The molecule has 27 heavy (non-hydrogen) atoms. The number of pyridine rings is 1. The second-order valence-corrected chi connectivity index (χ2v) is 8.62. The van der Waals surface area contributed by atoms with E-state index in [0.717, 1.165) is 25.1 Å². The second-order valence-electron chi connectivity index (χ2n) is 7.80. The van der Waals surface area contributed by atoms with Gasteiger partial charge in [0, 0.05) is 31.2 Å². The molecule has 1 aromatic rings. The first-order valence-corrected chi connectivity index (χ1v) is 9.94. The number of nitrogens with one attached hydrogen (secondary N) is 1. The van der Waals surface area contributed by atoms with Crippen molar-refractivity contribution in [3.63, 3.8) is 0 Å². The minimum atomic E-state index is -1.03. The van der Waals surface area contributed by atoms with Gasteiger partial charge in [-0.2, -0.15) is 0 Å². The number of piperidine rings is 1. The third-order valence-electron chi connectivity index (χ3n) is 5.84. The molecule has 0 unspecified atom stereocenters. The fraction of sp³-hybridized carbons (Fsp3) is 0.611. The molecule has 8 nitrogen and oxygen atoms in total. The van der Waals surface area contributed by atoms with Crippen LogP contribution in [0.25, 0.3) is 0 Å². The molecule has 146 valence electrons. The van der Waals surface area contributed by atoms with Crippen molar-refractivity contribution < 1.29 is 19.4 Å². The Hall–Kier alpha value is -1.71. The predicted molar refractivity (Wildman–Crippen MR) is 101 cm³/mol. The molecule has 3 fully saturated rings. The zero-order valence-electron chi connectivity index (χ0n) is 15.2. The summed E-state index contributed by atoms with van der Waals surface area (Å²) in [6.07, 6.45) is 0.362. The summed E-state index contributed by atoms with van der Waals surface area (Å²) in [5, 5.41) is 12.4. The zero-order valence-corrected chi connectivity index (χ0v) is 16.7. The zero-order chi connectivity index (χ0) is 19.2. The highest BCUT2D eigenvalue weighted by Crippen LogP contribution is 2.59. The van der Waals surface area contributed by atoms with Crippen LogP contribution >= 0.6 is 15.9 Å². The number of aromatic nitrogens is 1. The van der Waals surface area contributed by atoms with Crippen molar-refractivity contribution >= 4 is 33.7 Å². The third-order valence-corrected chi connectivity index (χ3v) is 6.28. The number of rotatable bonds is 4. The summed E-state index contributed by atoms with van der Waals surface area (Å²) >= 11 is 3.35. The Kier molecular flexibility index (Phi) is 4.85. The number of fused-ring (bicyclic) bond motifs is 1. The van der Waals surface area contributed by atoms with Crippen LogP contribution in [0.15, 0.2) is 16.7 Å². The van der Waals surface area contributed by atoms with Gasteiger partial charge in [-0.3, -0.25) is 14.6 Å². The second kappa shape index (κ2) is 7.03. The average molecular weight is 439 g/mol. The van der Waals surface area contributed by atoms with Crippen LogP contribution in [-0.2, 0) is 16.1 Å². The van der Waals surface area contributed by atoms with Crippen LogP contribution in [0.5, 0.6) is 0 Å². The van der Waals surface area contributed by atoms with Crippen LogP contribution in [0.1, 0.15) is 25.3 Å². The predicted octanol–water partition coefficient (Wildman–Crippen LogP) is 2.15. The number of amides is 2. The summed E-state index contributed by atoms with van der Waals surface area (Å²) in [6, 6.07) is 3.07. The maximum Gasteiger partial charge on any atom is 0.408 e. The molecule has 9 heteroatoms. The SMILES string of the molecule is C[C@@]12C[C@@H](C(=O)Nc3nc(Br)ccc3CN3CCOCC3)N(C(=O)O)[C@@H]1C2. The largest absolute Gasteiger partial charge is 0.465 e. The Bertz CT molecular complexity index is 770. The molecule has 2 saturated heterocycles. The van der Waals surface area contributed by atoms with Gasteiger partial charge in [0.25, 0.3) is 0 Å². The molecule has 1 aliphatic carbocycles. The molecule has 4 rings (SSSR count). The van der Waals surface area contributed by atoms with E-state index in [1.54, 1.807) is 0 Å². The van der Waals surface area contributed by atoms with Gasteiger partial charge in [-0.05, 0) is 40.3 Å². The van der Waals surface area contributed by atoms with Gasteiger partial charge < -0.3 is 15.2 Å². The molecular formula is C18H23BrN4O4. The minimum absolute atomic E-state index is 0.0472. The topological polar surface area (TPSA) is 95.0 Å². The Labute approximate surface area is 166 Å². The molecule has 2 N–H and O–H groups in total. The first-order chi connectivity index (χ1) is 12.9. The van der Waals surface area contributed by atoms with E-state index >= 15 is 0 Å². The van der Waals surface area contributed by atoms with Gasteiger partial charge >= 0.3 is 6.09 Å². The molecule has 0 radical (unpaired) electrons. The van der Waals surface area contributed by atoms with E-state index in [0.29, 0.717) is 36.6 Å². The number of carboxylic acid groups (broad SMARTS) is 1. The summed E-state index contributed by atoms with van der Waals surface area (Å²) < 4.78 is 6.01. The number of halogens is 1. The smallest absolute Gasteiger partial charge is 0.408 e. The molecule has 1 aromatic heterocycles. The van der Waals surface area contributed by atoms with E-state index in [1.165, 1.54) is 4.90 Å². The van der Waals surface area contributed by atoms with E-state index in [-0.39, 0.29) is 17.4 Å². The summed E-state index contributed by atoms with van der Waals surface area (Å²) in [5.74, 6) is 0.177.